The third-order valence-corrected chi connectivity index (χ3v) is 8.43. The predicted octanol–water partition coefficient (Wildman–Crippen LogP) is 3.87. The third kappa shape index (κ3) is 6.18. The topological polar surface area (TPSA) is 88.8 Å². The Kier molecular flexibility index (Phi) is 8.47. The third-order valence-electron chi connectivity index (χ3n) is 8.20. The molecule has 3 heterocycles. The Morgan fingerprint density at radius 2 is 1.88 bits per heavy atom. The molecule has 2 N–H and O–H groups in total. The molecule has 2 aromatic carbocycles. The van der Waals surface area contributed by atoms with Crippen molar-refractivity contribution in [3.63, 3.8) is 0 Å². The second kappa shape index (κ2) is 12.0. The van der Waals surface area contributed by atoms with E-state index in [1.807, 2.05) is 67.7 Å². The van der Waals surface area contributed by atoms with Crippen LogP contribution < -0.4 is 10.2 Å². The molecule has 0 bridgehead atoms. The Morgan fingerprint density at radius 3 is 2.60 bits per heavy atom. The van der Waals surface area contributed by atoms with Crippen molar-refractivity contribution in [2.45, 2.75) is 38.6 Å². The summed E-state index contributed by atoms with van der Waals surface area (Å²) in [5, 5.41) is 4.84. The molecule has 3 aromatic rings. The first kappa shape index (κ1) is 28.2. The fourth-order valence-corrected chi connectivity index (χ4v) is 6.41. The van der Waals surface area contributed by atoms with E-state index in [2.05, 4.69) is 15.2 Å². The van der Waals surface area contributed by atoms with Crippen LogP contribution in [0.4, 0.5) is 5.69 Å². The average molecular weight is 564 g/mol. The largest absolute Gasteiger partial charge is 0.361 e. The Morgan fingerprint density at radius 1 is 1.12 bits per heavy atom. The van der Waals surface area contributed by atoms with Crippen LogP contribution in [0.5, 0.6) is 0 Å². The number of amides is 3. The van der Waals surface area contributed by atoms with Crippen LogP contribution in [0.1, 0.15) is 30.9 Å². The van der Waals surface area contributed by atoms with Gasteiger partial charge in [-0.05, 0) is 74.7 Å². The lowest BCUT2D eigenvalue weighted by Gasteiger charge is -2.38. The Hall–Kier alpha value is -3.36. The van der Waals surface area contributed by atoms with Crippen molar-refractivity contribution in [3.05, 3.63) is 64.8 Å². The van der Waals surface area contributed by atoms with Gasteiger partial charge in [0.25, 0.3) is 0 Å². The molecule has 1 saturated heterocycles. The highest BCUT2D eigenvalue weighted by atomic mass is 35.5. The summed E-state index contributed by atoms with van der Waals surface area (Å²) in [6.45, 7) is 4.08. The minimum absolute atomic E-state index is 0.0300. The molecule has 2 aliphatic rings. The molecule has 2 atom stereocenters. The van der Waals surface area contributed by atoms with Crippen LogP contribution in [0.25, 0.3) is 10.9 Å². The maximum atomic E-state index is 14.4. The fraction of sp³-hybridized carbons (Fsp3) is 0.452. The van der Waals surface area contributed by atoms with Crippen molar-refractivity contribution in [2.75, 3.05) is 45.2 Å². The van der Waals surface area contributed by atoms with Crippen LogP contribution in [0.2, 0.25) is 5.02 Å². The van der Waals surface area contributed by atoms with E-state index < -0.39 is 6.04 Å². The van der Waals surface area contributed by atoms with Crippen LogP contribution in [0, 0.1) is 11.8 Å². The van der Waals surface area contributed by atoms with Gasteiger partial charge < -0.3 is 25.0 Å². The molecule has 8 nitrogen and oxygen atoms in total. The Labute approximate surface area is 240 Å². The highest BCUT2D eigenvalue weighted by Crippen LogP contribution is 2.33. The number of likely N-dealkylation sites (tertiary alicyclic amines) is 1. The van der Waals surface area contributed by atoms with Gasteiger partial charge in [-0.25, -0.2) is 0 Å². The van der Waals surface area contributed by atoms with Crippen LogP contribution in [0.15, 0.2) is 48.7 Å². The zero-order valence-corrected chi connectivity index (χ0v) is 24.2. The summed E-state index contributed by atoms with van der Waals surface area (Å²) in [6.07, 6.45) is 4.33. The maximum Gasteiger partial charge on any atom is 0.249 e. The van der Waals surface area contributed by atoms with Gasteiger partial charge in [0.2, 0.25) is 17.7 Å². The van der Waals surface area contributed by atoms with Crippen molar-refractivity contribution in [3.8, 4) is 0 Å². The van der Waals surface area contributed by atoms with Gasteiger partial charge in [0, 0.05) is 73.3 Å². The molecule has 5 rings (SSSR count). The molecule has 0 radical (unpaired) electrons. The minimum Gasteiger partial charge on any atom is -0.361 e. The number of hydrogen-bond acceptors (Lipinski definition) is 4. The molecule has 1 aromatic heterocycles. The molecular weight excluding hydrogens is 526 g/mol. The number of carbonyl (C=O) groups excluding carboxylic acids is 3. The number of aromatic amines is 1. The number of hydrogen-bond donors (Lipinski definition) is 2. The molecule has 9 heteroatoms. The highest BCUT2D eigenvalue weighted by Gasteiger charge is 2.36. The SMILES string of the molecule is CC(=O)N1CCC(C(=O)N[C@H](Cc2c[nH]c3ccccc23)C(=O)N2C[C@H](CN(C)C)Cc3cc(Cl)ccc32)CC1. The van der Waals surface area contributed by atoms with Crippen LogP contribution in [0.3, 0.4) is 0 Å². The summed E-state index contributed by atoms with van der Waals surface area (Å²) in [5.74, 6) is -0.207. The van der Waals surface area contributed by atoms with E-state index in [0.29, 0.717) is 43.9 Å². The zero-order valence-electron chi connectivity index (χ0n) is 23.5. The monoisotopic (exact) mass is 563 g/mol. The predicted molar refractivity (Wildman–Crippen MR) is 158 cm³/mol. The quantitative estimate of drug-likeness (QED) is 0.457. The lowest BCUT2D eigenvalue weighted by Crippen LogP contribution is -2.54. The summed E-state index contributed by atoms with van der Waals surface area (Å²) in [5.41, 5.74) is 3.89. The van der Waals surface area contributed by atoms with E-state index >= 15 is 0 Å². The minimum atomic E-state index is -0.737. The van der Waals surface area contributed by atoms with Crippen LogP contribution in [-0.4, -0.2) is 78.8 Å². The standard InChI is InChI=1S/C31H38ClN5O3/c1-20(38)36-12-10-22(11-13-36)30(39)34-28(16-24-17-33-27-7-5-4-6-26(24)27)31(40)37-19-21(18-35(2)3)14-23-15-25(32)8-9-29(23)37/h4-9,15,17,21-22,28,33H,10-14,16,18-19H2,1-3H3,(H,34,39)/t21-,28+/m0/s1. The lowest BCUT2D eigenvalue weighted by atomic mass is 9.90. The van der Waals surface area contributed by atoms with Gasteiger partial charge in [0.05, 0.1) is 0 Å². The molecule has 3 amide bonds. The molecule has 2 aliphatic heterocycles. The second-order valence-corrected chi connectivity index (χ2v) is 11.9. The lowest BCUT2D eigenvalue weighted by molar-refractivity contribution is -0.135. The summed E-state index contributed by atoms with van der Waals surface area (Å²) in [6, 6.07) is 13.0. The number of halogens is 1. The first-order valence-electron chi connectivity index (χ1n) is 14.0. The number of aromatic nitrogens is 1. The van der Waals surface area contributed by atoms with Crippen molar-refractivity contribution in [1.29, 1.82) is 0 Å². The van der Waals surface area contributed by atoms with Gasteiger partial charge in [0.15, 0.2) is 0 Å². The number of benzene rings is 2. The molecule has 40 heavy (non-hydrogen) atoms. The van der Waals surface area contributed by atoms with Gasteiger partial charge >= 0.3 is 0 Å². The number of para-hydroxylation sites is 1. The van der Waals surface area contributed by atoms with Crippen LogP contribution >= 0.6 is 11.6 Å². The van der Waals surface area contributed by atoms with Crippen LogP contribution in [-0.2, 0) is 27.2 Å². The fourth-order valence-electron chi connectivity index (χ4n) is 6.22. The molecular formula is C31H38ClN5O3. The van der Waals surface area contributed by atoms with Gasteiger partial charge in [-0.1, -0.05) is 29.8 Å². The molecule has 1 fully saturated rings. The number of H-pyrrole nitrogens is 1. The van der Waals surface area contributed by atoms with E-state index in [1.54, 1.807) is 11.8 Å². The highest BCUT2D eigenvalue weighted by molar-refractivity contribution is 6.30. The summed E-state index contributed by atoms with van der Waals surface area (Å²) in [7, 11) is 4.08. The molecule has 0 aliphatic carbocycles. The van der Waals surface area contributed by atoms with Gasteiger partial charge in [-0.2, -0.15) is 0 Å². The van der Waals surface area contributed by atoms with E-state index in [4.69, 9.17) is 11.6 Å². The molecule has 0 unspecified atom stereocenters. The first-order valence-corrected chi connectivity index (χ1v) is 14.4. The zero-order chi connectivity index (χ0) is 28.4. The van der Waals surface area contributed by atoms with Crippen molar-refractivity contribution in [2.24, 2.45) is 11.8 Å². The number of nitrogens with one attached hydrogen (secondary N) is 2. The Balaban J connectivity index is 1.43. The van der Waals surface area contributed by atoms with Crippen molar-refractivity contribution < 1.29 is 14.4 Å². The maximum absolute atomic E-state index is 14.4. The molecule has 0 saturated carbocycles. The number of anilines is 1. The normalized spacial score (nSPS) is 18.6. The van der Waals surface area contributed by atoms with Crippen molar-refractivity contribution >= 4 is 45.9 Å². The number of rotatable bonds is 7. The number of nitrogens with zero attached hydrogens (tertiary/aromatic N) is 3. The number of piperidine rings is 1. The van der Waals surface area contributed by atoms with E-state index in [1.165, 1.54) is 0 Å². The second-order valence-electron chi connectivity index (χ2n) is 11.5. The first-order chi connectivity index (χ1) is 19.2. The number of carbonyl (C=O) groups is 3. The summed E-state index contributed by atoms with van der Waals surface area (Å²) < 4.78 is 0. The van der Waals surface area contributed by atoms with Gasteiger partial charge in [-0.3, -0.25) is 14.4 Å². The summed E-state index contributed by atoms with van der Waals surface area (Å²) >= 11 is 6.36. The number of fused-ring (bicyclic) bond motifs is 2. The Bertz CT molecular complexity index is 1390. The van der Waals surface area contributed by atoms with Gasteiger partial charge in [-0.15, -0.1) is 0 Å². The van der Waals surface area contributed by atoms with E-state index in [0.717, 1.165) is 40.7 Å². The molecule has 0 spiro atoms. The van der Waals surface area contributed by atoms with E-state index in [9.17, 15) is 14.4 Å². The van der Waals surface area contributed by atoms with E-state index in [-0.39, 0.29) is 29.6 Å². The smallest absolute Gasteiger partial charge is 0.249 e. The average Bonchev–Trinajstić information content (AvgIpc) is 3.34. The summed E-state index contributed by atoms with van der Waals surface area (Å²) in [4.78, 5) is 48.8. The van der Waals surface area contributed by atoms with Crippen molar-refractivity contribution in [1.82, 2.24) is 20.1 Å². The molecule has 212 valence electrons. The van der Waals surface area contributed by atoms with Gasteiger partial charge in [0.1, 0.15) is 6.04 Å².